The fourth-order valence-electron chi connectivity index (χ4n) is 4.00. The van der Waals surface area contributed by atoms with Crippen molar-refractivity contribution in [1.29, 1.82) is 0 Å². The van der Waals surface area contributed by atoms with E-state index >= 15 is 0 Å². The lowest BCUT2D eigenvalue weighted by molar-refractivity contribution is 0.0785. The first-order valence-electron chi connectivity index (χ1n) is 10.8. The Balaban J connectivity index is 1.27. The van der Waals surface area contributed by atoms with E-state index in [1.54, 1.807) is 35.1 Å². The van der Waals surface area contributed by atoms with Crippen LogP contribution < -0.4 is 4.74 Å². The molecular weight excluding hydrogens is 474 g/mol. The Labute approximate surface area is 200 Å². The molecule has 0 spiro atoms. The highest BCUT2D eigenvalue weighted by atomic mass is 32.2. The summed E-state index contributed by atoms with van der Waals surface area (Å²) in [5.41, 5.74) is 1.27. The molecule has 1 aliphatic heterocycles. The number of piperidine rings is 1. The van der Waals surface area contributed by atoms with Crippen molar-refractivity contribution >= 4 is 38.0 Å². The summed E-state index contributed by atoms with van der Waals surface area (Å²) in [5.74, 6) is 0.626. The third-order valence-electron chi connectivity index (χ3n) is 5.81. The van der Waals surface area contributed by atoms with Crippen molar-refractivity contribution in [3.05, 3.63) is 59.2 Å². The van der Waals surface area contributed by atoms with Crippen molar-refractivity contribution in [3.63, 3.8) is 0 Å². The normalized spacial score (nSPS) is 15.6. The Morgan fingerprint density at radius 3 is 2.59 bits per heavy atom. The fourth-order valence-corrected chi connectivity index (χ4v) is 5.29. The average Bonchev–Trinajstić information content (AvgIpc) is 3.51. The van der Waals surface area contributed by atoms with Gasteiger partial charge in [-0.15, -0.1) is 11.3 Å². The molecule has 3 aromatic heterocycles. The fraction of sp³-hybridized carbons (Fsp3) is 0.304. The number of carbonyl (C=O) groups excluding carboxylic acids is 1. The highest BCUT2D eigenvalue weighted by Crippen LogP contribution is 2.26. The van der Waals surface area contributed by atoms with Crippen LogP contribution >= 0.6 is 11.3 Å². The molecule has 0 aliphatic carbocycles. The van der Waals surface area contributed by atoms with E-state index in [1.165, 1.54) is 23.9 Å². The molecule has 0 amide bonds. The van der Waals surface area contributed by atoms with Crippen LogP contribution in [0.1, 0.15) is 22.5 Å². The highest BCUT2D eigenvalue weighted by molar-refractivity contribution is 7.90. The van der Waals surface area contributed by atoms with Gasteiger partial charge in [0.15, 0.2) is 21.3 Å². The number of ether oxygens (including phenoxy) is 1. The molecule has 0 bridgehead atoms. The van der Waals surface area contributed by atoms with E-state index < -0.39 is 9.84 Å². The number of hydrogen-bond donors (Lipinski definition) is 0. The number of sulfone groups is 1. The van der Waals surface area contributed by atoms with Gasteiger partial charge in [-0.05, 0) is 48.6 Å². The van der Waals surface area contributed by atoms with Gasteiger partial charge in [0.1, 0.15) is 17.8 Å². The number of rotatable bonds is 7. The average molecular weight is 498 g/mol. The lowest BCUT2D eigenvalue weighted by Gasteiger charge is -2.31. The van der Waals surface area contributed by atoms with Crippen molar-refractivity contribution in [2.45, 2.75) is 23.8 Å². The minimum Gasteiger partial charge on any atom is -0.474 e. The number of thiophene rings is 1. The first-order chi connectivity index (χ1) is 16.4. The van der Waals surface area contributed by atoms with Crippen LogP contribution in [-0.2, 0) is 9.84 Å². The third-order valence-corrected chi connectivity index (χ3v) is 7.85. The number of benzene rings is 1. The Hall–Kier alpha value is -3.15. The number of likely N-dealkylation sites (tertiary alicyclic amines) is 1. The molecule has 0 unspecified atom stereocenters. The minimum atomic E-state index is -3.27. The maximum atomic E-state index is 12.4. The number of ketones is 1. The van der Waals surface area contributed by atoms with Gasteiger partial charge >= 0.3 is 0 Å². The van der Waals surface area contributed by atoms with Crippen molar-refractivity contribution in [2.24, 2.45) is 0 Å². The topological polar surface area (TPSA) is 107 Å². The molecule has 0 atom stereocenters. The maximum absolute atomic E-state index is 12.4. The summed E-state index contributed by atoms with van der Waals surface area (Å²) in [6.45, 7) is 1.99. The van der Waals surface area contributed by atoms with Crippen LogP contribution in [0, 0.1) is 0 Å². The summed E-state index contributed by atoms with van der Waals surface area (Å²) in [6.07, 6.45) is 5.85. The summed E-state index contributed by atoms with van der Waals surface area (Å²) < 4.78 is 31.3. The van der Waals surface area contributed by atoms with Gasteiger partial charge in [-0.3, -0.25) is 9.69 Å². The number of carbonyl (C=O) groups is 1. The Bertz CT molecular complexity index is 1410. The summed E-state index contributed by atoms with van der Waals surface area (Å²) in [5, 5.41) is 7.02. The number of nitrogens with zero attached hydrogens (tertiary/aromatic N) is 5. The van der Waals surface area contributed by atoms with E-state index in [-0.39, 0.29) is 16.8 Å². The molecule has 1 aliphatic rings. The van der Waals surface area contributed by atoms with E-state index in [0.29, 0.717) is 29.1 Å². The molecule has 176 valence electrons. The zero-order valence-electron chi connectivity index (χ0n) is 18.5. The second-order valence-electron chi connectivity index (χ2n) is 8.23. The number of hydrogen-bond acceptors (Lipinski definition) is 9. The molecule has 4 heterocycles. The predicted molar refractivity (Wildman–Crippen MR) is 129 cm³/mol. The zero-order chi connectivity index (χ0) is 23.7. The molecule has 1 fully saturated rings. The van der Waals surface area contributed by atoms with Gasteiger partial charge < -0.3 is 4.74 Å². The molecule has 11 heteroatoms. The van der Waals surface area contributed by atoms with Crippen LogP contribution in [0.2, 0.25) is 0 Å². The van der Waals surface area contributed by atoms with Crippen LogP contribution in [0.25, 0.3) is 16.7 Å². The Kier molecular flexibility index (Phi) is 6.15. The number of Topliss-reactive ketones (excluding diaryl/α,β-unsaturated/α-hetero) is 1. The smallest absolute Gasteiger partial charge is 0.228 e. The van der Waals surface area contributed by atoms with Crippen LogP contribution in [0.15, 0.2) is 59.2 Å². The SMILES string of the molecule is CS(=O)(=O)c1ccc(-n2ncc3c(OC4CCN(CC(=O)c5cccs5)CC4)ncnc32)cc1. The molecule has 0 saturated carbocycles. The van der Waals surface area contributed by atoms with Crippen molar-refractivity contribution in [1.82, 2.24) is 24.6 Å². The second-order valence-corrected chi connectivity index (χ2v) is 11.2. The highest BCUT2D eigenvalue weighted by Gasteiger charge is 2.24. The van der Waals surface area contributed by atoms with Gasteiger partial charge in [0.2, 0.25) is 5.88 Å². The van der Waals surface area contributed by atoms with Gasteiger partial charge in [-0.1, -0.05) is 6.07 Å². The molecule has 0 radical (unpaired) electrons. The molecule has 5 rings (SSSR count). The maximum Gasteiger partial charge on any atom is 0.228 e. The summed E-state index contributed by atoms with van der Waals surface area (Å²) in [7, 11) is -3.27. The lowest BCUT2D eigenvalue weighted by atomic mass is 10.1. The van der Waals surface area contributed by atoms with Gasteiger partial charge in [-0.25, -0.2) is 23.1 Å². The van der Waals surface area contributed by atoms with Crippen LogP contribution in [-0.4, -0.2) is 70.8 Å². The largest absolute Gasteiger partial charge is 0.474 e. The Morgan fingerprint density at radius 2 is 1.91 bits per heavy atom. The summed E-state index contributed by atoms with van der Waals surface area (Å²) in [6, 6.07) is 10.2. The van der Waals surface area contributed by atoms with Crippen LogP contribution in [0.3, 0.4) is 0 Å². The van der Waals surface area contributed by atoms with Gasteiger partial charge in [0.05, 0.1) is 28.2 Å². The number of aromatic nitrogens is 4. The van der Waals surface area contributed by atoms with Gasteiger partial charge in [0.25, 0.3) is 0 Å². The van der Waals surface area contributed by atoms with Gasteiger partial charge in [-0.2, -0.15) is 5.10 Å². The van der Waals surface area contributed by atoms with Crippen molar-refractivity contribution in [2.75, 3.05) is 25.9 Å². The Morgan fingerprint density at radius 1 is 1.15 bits per heavy atom. The first-order valence-corrected chi connectivity index (χ1v) is 13.6. The molecule has 4 aromatic rings. The molecule has 1 saturated heterocycles. The van der Waals surface area contributed by atoms with Crippen molar-refractivity contribution < 1.29 is 17.9 Å². The molecule has 9 nitrogen and oxygen atoms in total. The standard InChI is InChI=1S/C23H23N5O4S2/c1-34(30,31)18-6-4-16(5-7-18)28-22-19(13-26-28)23(25-15-24-22)32-17-8-10-27(11-9-17)14-20(29)21-3-2-12-33-21/h2-7,12-13,15,17H,8-11,14H2,1H3. The lowest BCUT2D eigenvalue weighted by Crippen LogP contribution is -2.40. The monoisotopic (exact) mass is 497 g/mol. The molecule has 0 N–H and O–H groups in total. The van der Waals surface area contributed by atoms with E-state index in [9.17, 15) is 13.2 Å². The minimum absolute atomic E-state index is 0.0106. The van der Waals surface area contributed by atoms with Crippen LogP contribution in [0.5, 0.6) is 5.88 Å². The van der Waals surface area contributed by atoms with Crippen molar-refractivity contribution in [3.8, 4) is 11.6 Å². The van der Waals surface area contributed by atoms with E-state index in [2.05, 4.69) is 20.0 Å². The van der Waals surface area contributed by atoms with Crippen LogP contribution in [0.4, 0.5) is 0 Å². The molecule has 34 heavy (non-hydrogen) atoms. The molecule has 1 aromatic carbocycles. The summed E-state index contributed by atoms with van der Waals surface area (Å²) >= 11 is 1.48. The first kappa shape index (κ1) is 22.6. The van der Waals surface area contributed by atoms with Gasteiger partial charge in [0, 0.05) is 19.3 Å². The van der Waals surface area contributed by atoms with E-state index in [1.807, 2.05) is 17.5 Å². The third kappa shape index (κ3) is 4.72. The number of fused-ring (bicyclic) bond motifs is 1. The van der Waals surface area contributed by atoms with E-state index in [4.69, 9.17) is 4.74 Å². The quantitative estimate of drug-likeness (QED) is 0.359. The zero-order valence-corrected chi connectivity index (χ0v) is 20.1. The molecular formula is C23H23N5O4S2. The summed E-state index contributed by atoms with van der Waals surface area (Å²) in [4.78, 5) is 24.2. The van der Waals surface area contributed by atoms with E-state index in [0.717, 1.165) is 30.8 Å². The predicted octanol–water partition coefficient (Wildman–Crippen LogP) is 3.01. The second kappa shape index (κ2) is 9.24.